The van der Waals surface area contributed by atoms with Gasteiger partial charge in [-0.1, -0.05) is 11.6 Å². The SMILES string of the molecule is O=C(c1ccco1)N1CCN(c2cnnc(NCCC3=CCCCC3)n2)CC1. The molecule has 8 heteroatoms. The first kappa shape index (κ1) is 18.5. The van der Waals surface area contributed by atoms with E-state index in [0.29, 0.717) is 37.9 Å². The maximum atomic E-state index is 12.4. The zero-order chi connectivity index (χ0) is 19.2. The lowest BCUT2D eigenvalue weighted by Gasteiger charge is -2.34. The molecule has 2 aliphatic rings. The van der Waals surface area contributed by atoms with E-state index in [9.17, 15) is 4.79 Å². The van der Waals surface area contributed by atoms with Crippen LogP contribution in [0.3, 0.4) is 0 Å². The van der Waals surface area contributed by atoms with Crippen LogP contribution in [0.15, 0.2) is 40.7 Å². The highest BCUT2D eigenvalue weighted by molar-refractivity contribution is 5.91. The third-order valence-electron chi connectivity index (χ3n) is 5.28. The van der Waals surface area contributed by atoms with Crippen LogP contribution in [0.25, 0.3) is 0 Å². The van der Waals surface area contributed by atoms with Gasteiger partial charge in [0, 0.05) is 32.7 Å². The lowest BCUT2D eigenvalue weighted by molar-refractivity contribution is 0.0714. The minimum atomic E-state index is -0.0650. The van der Waals surface area contributed by atoms with Crippen LogP contribution in [0.2, 0.25) is 0 Å². The molecule has 1 N–H and O–H groups in total. The molecule has 4 rings (SSSR count). The molecule has 0 spiro atoms. The number of anilines is 2. The topological polar surface area (TPSA) is 87.4 Å². The minimum Gasteiger partial charge on any atom is -0.459 e. The summed E-state index contributed by atoms with van der Waals surface area (Å²) in [6.07, 6.45) is 11.6. The fourth-order valence-corrected chi connectivity index (χ4v) is 3.68. The largest absolute Gasteiger partial charge is 0.459 e. The Balaban J connectivity index is 1.28. The molecule has 8 nitrogen and oxygen atoms in total. The predicted molar refractivity (Wildman–Crippen MR) is 106 cm³/mol. The summed E-state index contributed by atoms with van der Waals surface area (Å²) in [6.45, 7) is 3.48. The third-order valence-corrected chi connectivity index (χ3v) is 5.28. The van der Waals surface area contributed by atoms with Gasteiger partial charge in [-0.15, -0.1) is 5.10 Å². The van der Waals surface area contributed by atoms with Crippen LogP contribution in [0.1, 0.15) is 42.7 Å². The van der Waals surface area contributed by atoms with Crippen LogP contribution in [-0.4, -0.2) is 58.7 Å². The van der Waals surface area contributed by atoms with Gasteiger partial charge in [0.1, 0.15) is 0 Å². The Bertz CT molecular complexity index is 812. The molecular weight excluding hydrogens is 356 g/mol. The van der Waals surface area contributed by atoms with Crippen molar-refractivity contribution in [2.24, 2.45) is 0 Å². The van der Waals surface area contributed by atoms with Crippen LogP contribution in [0.4, 0.5) is 11.8 Å². The molecule has 1 fully saturated rings. The van der Waals surface area contributed by atoms with Crippen molar-refractivity contribution in [1.82, 2.24) is 20.1 Å². The molecular formula is C20H26N6O2. The quantitative estimate of drug-likeness (QED) is 0.769. The van der Waals surface area contributed by atoms with E-state index in [0.717, 1.165) is 18.8 Å². The molecule has 28 heavy (non-hydrogen) atoms. The highest BCUT2D eigenvalue weighted by Crippen LogP contribution is 2.20. The lowest BCUT2D eigenvalue weighted by Crippen LogP contribution is -2.49. The molecule has 3 heterocycles. The summed E-state index contributed by atoms with van der Waals surface area (Å²) < 4.78 is 5.21. The van der Waals surface area contributed by atoms with Crippen molar-refractivity contribution in [2.75, 3.05) is 42.9 Å². The number of carbonyl (C=O) groups is 1. The maximum Gasteiger partial charge on any atom is 0.289 e. The summed E-state index contributed by atoms with van der Waals surface area (Å²) in [7, 11) is 0. The first-order valence-electron chi connectivity index (χ1n) is 9.99. The Morgan fingerprint density at radius 2 is 2.11 bits per heavy atom. The second-order valence-electron chi connectivity index (χ2n) is 7.18. The average molecular weight is 382 g/mol. The molecule has 0 saturated carbocycles. The Labute approximate surface area is 164 Å². The Hall–Kier alpha value is -2.90. The maximum absolute atomic E-state index is 12.4. The van der Waals surface area contributed by atoms with E-state index < -0.39 is 0 Å². The molecule has 0 radical (unpaired) electrons. The molecule has 0 bridgehead atoms. The molecule has 2 aromatic rings. The highest BCUT2D eigenvalue weighted by atomic mass is 16.3. The van der Waals surface area contributed by atoms with Crippen LogP contribution in [0.5, 0.6) is 0 Å². The minimum absolute atomic E-state index is 0.0650. The van der Waals surface area contributed by atoms with Crippen molar-refractivity contribution >= 4 is 17.7 Å². The third kappa shape index (κ3) is 4.49. The zero-order valence-electron chi connectivity index (χ0n) is 16.0. The number of carbonyl (C=O) groups excluding carboxylic acids is 1. The summed E-state index contributed by atoms with van der Waals surface area (Å²) in [5.74, 6) is 1.67. The van der Waals surface area contributed by atoms with E-state index in [1.807, 2.05) is 0 Å². The van der Waals surface area contributed by atoms with E-state index in [-0.39, 0.29) is 5.91 Å². The van der Waals surface area contributed by atoms with Gasteiger partial charge in [0.15, 0.2) is 11.6 Å². The van der Waals surface area contributed by atoms with Gasteiger partial charge in [0.2, 0.25) is 5.95 Å². The van der Waals surface area contributed by atoms with Crippen LogP contribution < -0.4 is 10.2 Å². The Morgan fingerprint density at radius 3 is 2.86 bits per heavy atom. The molecule has 1 aliphatic carbocycles. The van der Waals surface area contributed by atoms with E-state index in [1.54, 1.807) is 23.2 Å². The number of nitrogens with one attached hydrogen (secondary N) is 1. The summed E-state index contributed by atoms with van der Waals surface area (Å²) >= 11 is 0. The van der Waals surface area contributed by atoms with Gasteiger partial charge in [-0.25, -0.2) is 0 Å². The summed E-state index contributed by atoms with van der Waals surface area (Å²) in [4.78, 5) is 20.9. The smallest absolute Gasteiger partial charge is 0.289 e. The normalized spacial score (nSPS) is 17.4. The fraction of sp³-hybridized carbons (Fsp3) is 0.500. The lowest BCUT2D eigenvalue weighted by atomic mass is 9.97. The van der Waals surface area contributed by atoms with Crippen LogP contribution in [-0.2, 0) is 0 Å². The molecule has 0 atom stereocenters. The van der Waals surface area contributed by atoms with Gasteiger partial charge in [-0.05, 0) is 44.2 Å². The molecule has 1 amide bonds. The summed E-state index contributed by atoms with van der Waals surface area (Å²) in [6, 6.07) is 3.43. The number of nitrogens with zero attached hydrogens (tertiary/aromatic N) is 5. The van der Waals surface area contributed by atoms with E-state index >= 15 is 0 Å². The number of allylic oxidation sites excluding steroid dienone is 1. The first-order chi connectivity index (χ1) is 13.8. The molecule has 2 aromatic heterocycles. The van der Waals surface area contributed by atoms with E-state index in [4.69, 9.17) is 4.42 Å². The number of piperazine rings is 1. The summed E-state index contributed by atoms with van der Waals surface area (Å²) in [5.41, 5.74) is 1.53. The van der Waals surface area contributed by atoms with Gasteiger partial charge < -0.3 is 19.5 Å². The Morgan fingerprint density at radius 1 is 1.21 bits per heavy atom. The number of hydrogen-bond acceptors (Lipinski definition) is 7. The number of rotatable bonds is 6. The molecule has 0 unspecified atom stereocenters. The van der Waals surface area contributed by atoms with E-state index in [1.165, 1.54) is 37.5 Å². The van der Waals surface area contributed by atoms with Gasteiger partial charge in [-0.3, -0.25) is 4.79 Å². The second-order valence-corrected chi connectivity index (χ2v) is 7.18. The van der Waals surface area contributed by atoms with Gasteiger partial charge in [0.25, 0.3) is 5.91 Å². The molecule has 148 valence electrons. The number of amides is 1. The number of hydrogen-bond donors (Lipinski definition) is 1. The van der Waals surface area contributed by atoms with E-state index in [2.05, 4.69) is 31.5 Å². The van der Waals surface area contributed by atoms with Gasteiger partial charge in [-0.2, -0.15) is 10.1 Å². The average Bonchev–Trinajstić information content (AvgIpc) is 3.29. The molecule has 1 aliphatic heterocycles. The van der Waals surface area contributed by atoms with Crippen LogP contribution in [0, 0.1) is 0 Å². The van der Waals surface area contributed by atoms with Crippen molar-refractivity contribution < 1.29 is 9.21 Å². The van der Waals surface area contributed by atoms with Crippen molar-refractivity contribution in [3.05, 3.63) is 42.0 Å². The predicted octanol–water partition coefficient (Wildman–Crippen LogP) is 2.73. The van der Waals surface area contributed by atoms with Crippen molar-refractivity contribution in [1.29, 1.82) is 0 Å². The van der Waals surface area contributed by atoms with Crippen molar-refractivity contribution in [3.8, 4) is 0 Å². The van der Waals surface area contributed by atoms with Crippen molar-refractivity contribution in [3.63, 3.8) is 0 Å². The summed E-state index contributed by atoms with van der Waals surface area (Å²) in [5, 5.41) is 11.5. The highest BCUT2D eigenvalue weighted by Gasteiger charge is 2.24. The van der Waals surface area contributed by atoms with Gasteiger partial charge in [0.05, 0.1) is 12.5 Å². The fourth-order valence-electron chi connectivity index (χ4n) is 3.68. The van der Waals surface area contributed by atoms with Crippen molar-refractivity contribution in [2.45, 2.75) is 32.1 Å². The van der Waals surface area contributed by atoms with Crippen LogP contribution >= 0.6 is 0 Å². The first-order valence-corrected chi connectivity index (χ1v) is 9.99. The van der Waals surface area contributed by atoms with Gasteiger partial charge >= 0.3 is 0 Å². The number of aromatic nitrogens is 3. The molecule has 1 saturated heterocycles. The zero-order valence-corrected chi connectivity index (χ0v) is 16.0. The second kappa shape index (κ2) is 8.86. The monoisotopic (exact) mass is 382 g/mol. The molecule has 0 aromatic carbocycles. The Kier molecular flexibility index (Phi) is 5.84. The number of furan rings is 1. The standard InChI is InChI=1S/C20H26N6O2/c27-19(17-7-4-14-28-17)26-12-10-25(11-13-26)18-15-22-24-20(23-18)21-9-8-16-5-2-1-3-6-16/h4-5,7,14-15H,1-3,6,8-13H2,(H,21,23,24).